The Morgan fingerprint density at radius 3 is 2.70 bits per heavy atom. The first-order chi connectivity index (χ1) is 13.1. The summed E-state index contributed by atoms with van der Waals surface area (Å²) in [6, 6.07) is 5.40. The number of hydrogen-bond donors (Lipinski definition) is 1. The van der Waals surface area contributed by atoms with Crippen LogP contribution in [0.1, 0.15) is 16.2 Å². The van der Waals surface area contributed by atoms with Crippen molar-refractivity contribution in [2.24, 2.45) is 0 Å². The standard InChI is InChI=1S/C17H20BrN5O4/c1-25-11-3-4-13(18)12(9-11)15(24)19-10-14-20-16(22-17(21-14)26-2)23-5-7-27-8-6-23/h3-4,9H,5-8,10H2,1-2H3,(H,19,24). The Morgan fingerprint density at radius 1 is 1.22 bits per heavy atom. The number of ether oxygens (including phenoxy) is 3. The Morgan fingerprint density at radius 2 is 2.00 bits per heavy atom. The minimum Gasteiger partial charge on any atom is -0.497 e. The van der Waals surface area contributed by atoms with Crippen LogP contribution in [0.4, 0.5) is 5.95 Å². The molecule has 0 radical (unpaired) electrons. The molecule has 144 valence electrons. The van der Waals surface area contributed by atoms with Crippen molar-refractivity contribution >= 4 is 27.8 Å². The lowest BCUT2D eigenvalue weighted by atomic mass is 10.2. The highest BCUT2D eigenvalue weighted by atomic mass is 79.9. The molecule has 1 fully saturated rings. The van der Waals surface area contributed by atoms with E-state index >= 15 is 0 Å². The molecule has 10 heteroatoms. The number of amides is 1. The van der Waals surface area contributed by atoms with E-state index in [4.69, 9.17) is 14.2 Å². The molecular formula is C17H20BrN5O4. The normalized spacial score (nSPS) is 14.0. The van der Waals surface area contributed by atoms with Crippen LogP contribution in [0.2, 0.25) is 0 Å². The molecule has 2 aromatic rings. The maximum absolute atomic E-state index is 12.5. The van der Waals surface area contributed by atoms with Gasteiger partial charge in [-0.2, -0.15) is 15.0 Å². The maximum Gasteiger partial charge on any atom is 0.321 e. The fraction of sp³-hybridized carbons (Fsp3) is 0.412. The van der Waals surface area contributed by atoms with Crippen molar-refractivity contribution in [3.8, 4) is 11.8 Å². The van der Waals surface area contributed by atoms with Crippen LogP contribution in [0.3, 0.4) is 0 Å². The number of morpholine rings is 1. The topological polar surface area (TPSA) is 98.7 Å². The zero-order chi connectivity index (χ0) is 19.2. The summed E-state index contributed by atoms with van der Waals surface area (Å²) in [5, 5.41) is 2.81. The van der Waals surface area contributed by atoms with E-state index in [0.717, 1.165) is 0 Å². The summed E-state index contributed by atoms with van der Waals surface area (Å²) < 4.78 is 16.4. The molecule has 2 heterocycles. The number of nitrogens with zero attached hydrogens (tertiary/aromatic N) is 4. The zero-order valence-electron chi connectivity index (χ0n) is 15.1. The molecule has 1 saturated heterocycles. The molecule has 1 aliphatic rings. The second-order valence-corrected chi connectivity index (χ2v) is 6.52. The minimum atomic E-state index is -0.270. The van der Waals surface area contributed by atoms with E-state index in [1.807, 2.05) is 4.90 Å². The number of carbonyl (C=O) groups excluding carboxylic acids is 1. The average molecular weight is 438 g/mol. The van der Waals surface area contributed by atoms with Gasteiger partial charge in [0.2, 0.25) is 5.95 Å². The van der Waals surface area contributed by atoms with Gasteiger partial charge in [-0.25, -0.2) is 0 Å². The molecule has 9 nitrogen and oxygen atoms in total. The van der Waals surface area contributed by atoms with Crippen molar-refractivity contribution in [3.63, 3.8) is 0 Å². The van der Waals surface area contributed by atoms with Crippen molar-refractivity contribution in [1.29, 1.82) is 0 Å². The van der Waals surface area contributed by atoms with Crippen LogP contribution in [0.25, 0.3) is 0 Å². The Kier molecular flexibility index (Phi) is 6.40. The molecule has 0 aliphatic carbocycles. The van der Waals surface area contributed by atoms with Gasteiger partial charge < -0.3 is 24.4 Å². The van der Waals surface area contributed by atoms with Gasteiger partial charge >= 0.3 is 6.01 Å². The second-order valence-electron chi connectivity index (χ2n) is 5.67. The monoisotopic (exact) mass is 437 g/mol. The molecule has 1 N–H and O–H groups in total. The fourth-order valence-electron chi connectivity index (χ4n) is 2.52. The third kappa shape index (κ3) is 4.83. The van der Waals surface area contributed by atoms with E-state index in [-0.39, 0.29) is 18.5 Å². The van der Waals surface area contributed by atoms with Crippen molar-refractivity contribution in [1.82, 2.24) is 20.3 Å². The highest BCUT2D eigenvalue weighted by Crippen LogP contribution is 2.22. The van der Waals surface area contributed by atoms with Gasteiger partial charge in [-0.05, 0) is 34.1 Å². The van der Waals surface area contributed by atoms with Gasteiger partial charge in [-0.3, -0.25) is 4.79 Å². The predicted octanol–water partition coefficient (Wildman–Crippen LogP) is 1.42. The Hall–Kier alpha value is -2.46. The van der Waals surface area contributed by atoms with Gasteiger partial charge in [-0.1, -0.05) is 0 Å². The van der Waals surface area contributed by atoms with Crippen LogP contribution >= 0.6 is 15.9 Å². The number of halogens is 1. The lowest BCUT2D eigenvalue weighted by molar-refractivity contribution is 0.0948. The minimum absolute atomic E-state index is 0.138. The number of rotatable bonds is 6. The number of anilines is 1. The molecule has 1 amide bonds. The zero-order valence-corrected chi connectivity index (χ0v) is 16.7. The Balaban J connectivity index is 1.74. The maximum atomic E-state index is 12.5. The van der Waals surface area contributed by atoms with Gasteiger partial charge in [0, 0.05) is 17.6 Å². The first-order valence-electron chi connectivity index (χ1n) is 8.34. The van der Waals surface area contributed by atoms with Crippen LogP contribution < -0.4 is 19.7 Å². The molecule has 0 spiro atoms. The number of aromatic nitrogens is 3. The number of carbonyl (C=O) groups is 1. The summed E-state index contributed by atoms with van der Waals surface area (Å²) in [5.41, 5.74) is 0.462. The second kappa shape index (κ2) is 8.96. The van der Waals surface area contributed by atoms with Crippen molar-refractivity contribution in [2.75, 3.05) is 45.4 Å². The summed E-state index contributed by atoms with van der Waals surface area (Å²) in [7, 11) is 3.04. The molecule has 1 aromatic heterocycles. The first-order valence-corrected chi connectivity index (χ1v) is 9.13. The van der Waals surface area contributed by atoms with Crippen LogP contribution in [-0.4, -0.2) is 61.4 Å². The van der Waals surface area contributed by atoms with Gasteiger partial charge in [0.15, 0.2) is 5.82 Å². The molecule has 0 saturated carbocycles. The summed E-state index contributed by atoms with van der Waals surface area (Å²) in [6.45, 7) is 2.75. The van der Waals surface area contributed by atoms with E-state index in [0.29, 0.717) is 53.9 Å². The smallest absolute Gasteiger partial charge is 0.321 e. The highest BCUT2D eigenvalue weighted by molar-refractivity contribution is 9.10. The molecule has 1 aromatic carbocycles. The van der Waals surface area contributed by atoms with E-state index in [2.05, 4.69) is 36.2 Å². The largest absolute Gasteiger partial charge is 0.497 e. The highest BCUT2D eigenvalue weighted by Gasteiger charge is 2.18. The molecule has 0 bridgehead atoms. The van der Waals surface area contributed by atoms with Gasteiger partial charge in [0.05, 0.1) is 39.5 Å². The van der Waals surface area contributed by atoms with Crippen LogP contribution in [0, 0.1) is 0 Å². The Bertz CT molecular complexity index is 814. The van der Waals surface area contributed by atoms with Gasteiger partial charge in [-0.15, -0.1) is 0 Å². The van der Waals surface area contributed by atoms with Crippen molar-refractivity contribution < 1.29 is 19.0 Å². The third-order valence-corrected chi connectivity index (χ3v) is 4.64. The molecule has 27 heavy (non-hydrogen) atoms. The lowest BCUT2D eigenvalue weighted by Gasteiger charge is -2.26. The summed E-state index contributed by atoms with van der Waals surface area (Å²) in [4.78, 5) is 27.5. The SMILES string of the molecule is COc1ccc(Br)c(C(=O)NCc2nc(OC)nc(N3CCOCC3)n2)c1. The molecule has 3 rings (SSSR count). The number of benzene rings is 1. The average Bonchev–Trinajstić information content (AvgIpc) is 2.72. The molecule has 0 atom stereocenters. The third-order valence-electron chi connectivity index (χ3n) is 3.95. The van der Waals surface area contributed by atoms with Gasteiger partial charge in [0.1, 0.15) is 5.75 Å². The Labute approximate surface area is 165 Å². The summed E-state index contributed by atoms with van der Waals surface area (Å²) in [6.07, 6.45) is 0. The van der Waals surface area contributed by atoms with E-state index in [1.54, 1.807) is 25.3 Å². The molecular weight excluding hydrogens is 418 g/mol. The summed E-state index contributed by atoms with van der Waals surface area (Å²) in [5.74, 6) is 1.25. The number of nitrogens with one attached hydrogen (secondary N) is 1. The number of hydrogen-bond acceptors (Lipinski definition) is 8. The number of methoxy groups -OCH3 is 2. The predicted molar refractivity (Wildman–Crippen MR) is 101 cm³/mol. The van der Waals surface area contributed by atoms with Crippen LogP contribution in [0.5, 0.6) is 11.8 Å². The van der Waals surface area contributed by atoms with Gasteiger partial charge in [0.25, 0.3) is 5.91 Å². The quantitative estimate of drug-likeness (QED) is 0.723. The van der Waals surface area contributed by atoms with E-state index in [9.17, 15) is 4.79 Å². The first kappa shape index (κ1) is 19.3. The van der Waals surface area contributed by atoms with E-state index < -0.39 is 0 Å². The van der Waals surface area contributed by atoms with Crippen molar-refractivity contribution in [3.05, 3.63) is 34.1 Å². The fourth-order valence-corrected chi connectivity index (χ4v) is 2.95. The van der Waals surface area contributed by atoms with E-state index in [1.165, 1.54) is 7.11 Å². The molecule has 0 unspecified atom stereocenters. The van der Waals surface area contributed by atoms with Crippen LogP contribution in [-0.2, 0) is 11.3 Å². The lowest BCUT2D eigenvalue weighted by Crippen LogP contribution is -2.37. The summed E-state index contributed by atoms with van der Waals surface area (Å²) >= 11 is 3.38. The van der Waals surface area contributed by atoms with Crippen LogP contribution in [0.15, 0.2) is 22.7 Å². The molecule has 1 aliphatic heterocycles. The van der Waals surface area contributed by atoms with Crippen molar-refractivity contribution in [2.45, 2.75) is 6.54 Å².